The maximum Gasteiger partial charge on any atom is 0.301 e. The van der Waals surface area contributed by atoms with Gasteiger partial charge in [-0.3, -0.25) is 9.55 Å². The Morgan fingerprint density at radius 2 is 1.83 bits per heavy atom. The highest BCUT2D eigenvalue weighted by atomic mass is 35.5. The van der Waals surface area contributed by atoms with Crippen LogP contribution >= 0.6 is 11.6 Å². The van der Waals surface area contributed by atoms with Crippen LogP contribution in [0.5, 0.6) is 6.01 Å². The lowest BCUT2D eigenvalue weighted by Gasteiger charge is -2.39. The maximum atomic E-state index is 6.86. The van der Waals surface area contributed by atoms with E-state index >= 15 is 0 Å². The first kappa shape index (κ1) is 33.9. The van der Waals surface area contributed by atoms with Crippen LogP contribution in [0.1, 0.15) is 70.0 Å². The number of aryl methyl sites for hydroxylation is 1. The second-order valence-electron chi connectivity index (χ2n) is 14.8. The van der Waals surface area contributed by atoms with E-state index in [0.29, 0.717) is 54.4 Å². The van der Waals surface area contributed by atoms with Crippen LogP contribution in [0.3, 0.4) is 0 Å². The van der Waals surface area contributed by atoms with E-state index < -0.39 is 8.32 Å². The van der Waals surface area contributed by atoms with E-state index in [9.17, 15) is 0 Å². The summed E-state index contributed by atoms with van der Waals surface area (Å²) in [4.78, 5) is 14.8. The number of nitrogens with one attached hydrogen (secondary N) is 2. The van der Waals surface area contributed by atoms with Gasteiger partial charge in [0.1, 0.15) is 29.8 Å². The molecule has 0 radical (unpaired) electrons. The van der Waals surface area contributed by atoms with Crippen LogP contribution < -0.4 is 15.4 Å². The molecule has 0 bridgehead atoms. The molecule has 0 saturated carbocycles. The number of nitrogens with zero attached hydrogens (tertiary/aromatic N) is 4. The molecule has 6 atom stereocenters. The minimum absolute atomic E-state index is 0.0120. The second kappa shape index (κ2) is 13.7. The van der Waals surface area contributed by atoms with Gasteiger partial charge in [-0.1, -0.05) is 32.4 Å². The van der Waals surface area contributed by atoms with Gasteiger partial charge in [0.2, 0.25) is 0 Å². The minimum Gasteiger partial charge on any atom is -0.456 e. The second-order valence-corrected chi connectivity index (χ2v) is 20.0. The lowest BCUT2D eigenvalue weighted by Crippen LogP contribution is -2.47. The number of pyridine rings is 2. The lowest BCUT2D eigenvalue weighted by atomic mass is 10.1. The Morgan fingerprint density at radius 1 is 1.04 bits per heavy atom. The molecule has 12 nitrogen and oxygen atoms in total. The van der Waals surface area contributed by atoms with Crippen LogP contribution in [0.4, 0.5) is 11.5 Å². The van der Waals surface area contributed by atoms with Gasteiger partial charge in [0.15, 0.2) is 20.1 Å². The van der Waals surface area contributed by atoms with Crippen molar-refractivity contribution in [1.82, 2.24) is 19.5 Å². The van der Waals surface area contributed by atoms with E-state index in [4.69, 9.17) is 54.7 Å². The number of aromatic nitrogens is 4. The summed E-state index contributed by atoms with van der Waals surface area (Å²) >= 11 is 6.86. The van der Waals surface area contributed by atoms with Gasteiger partial charge in [0.05, 0.1) is 54.6 Å². The zero-order valence-corrected chi connectivity index (χ0v) is 30.6. The molecule has 0 spiro atoms. The highest BCUT2D eigenvalue weighted by molar-refractivity contribution is 6.74. The number of rotatable bonds is 11. The van der Waals surface area contributed by atoms with Crippen LogP contribution in [0, 0.1) is 0 Å². The first-order valence-corrected chi connectivity index (χ1v) is 20.6. The molecule has 3 aromatic rings. The van der Waals surface area contributed by atoms with Crippen molar-refractivity contribution in [2.45, 2.75) is 108 Å². The summed E-state index contributed by atoms with van der Waals surface area (Å²) in [6.45, 7) is 14.2. The van der Waals surface area contributed by atoms with E-state index in [0.717, 1.165) is 50.0 Å². The first-order chi connectivity index (χ1) is 23.0. The van der Waals surface area contributed by atoms with Gasteiger partial charge in [-0.05, 0) is 67.9 Å². The zero-order chi connectivity index (χ0) is 33.6. The number of ether oxygens (including phenoxy) is 5. The van der Waals surface area contributed by atoms with E-state index in [1.54, 1.807) is 7.11 Å². The Hall–Kier alpha value is -2.52. The molecule has 1 aliphatic carbocycles. The predicted octanol–water partition coefficient (Wildman–Crippen LogP) is 6.27. The first-order valence-electron chi connectivity index (χ1n) is 17.3. The van der Waals surface area contributed by atoms with Crippen molar-refractivity contribution >= 4 is 42.6 Å². The van der Waals surface area contributed by atoms with E-state index in [-0.39, 0.29) is 41.7 Å². The fourth-order valence-electron chi connectivity index (χ4n) is 6.84. The molecular formula is C34H49ClN6O6Si. The Kier molecular flexibility index (Phi) is 9.66. The van der Waals surface area contributed by atoms with Gasteiger partial charge in [-0.2, -0.15) is 4.98 Å². The monoisotopic (exact) mass is 700 g/mol. The fourth-order valence-corrected chi connectivity index (χ4v) is 8.35. The van der Waals surface area contributed by atoms with Crippen LogP contribution in [0.25, 0.3) is 11.2 Å². The topological polar surface area (TPSA) is 123 Å². The number of hydrogen-bond donors (Lipinski definition) is 2. The molecule has 0 amide bonds. The number of hydrogen-bond acceptors (Lipinski definition) is 11. The van der Waals surface area contributed by atoms with Crippen molar-refractivity contribution in [2.24, 2.45) is 0 Å². The van der Waals surface area contributed by atoms with Crippen molar-refractivity contribution in [1.29, 1.82) is 0 Å². The number of anilines is 2. The molecule has 6 heterocycles. The molecule has 3 unspecified atom stereocenters. The summed E-state index contributed by atoms with van der Waals surface area (Å²) in [5.41, 5.74) is 4.53. The van der Waals surface area contributed by atoms with Gasteiger partial charge in [0.25, 0.3) is 0 Å². The molecule has 48 heavy (non-hydrogen) atoms. The summed E-state index contributed by atoms with van der Waals surface area (Å²) in [5, 5.41) is 7.54. The van der Waals surface area contributed by atoms with Gasteiger partial charge in [0, 0.05) is 20.3 Å². The summed E-state index contributed by atoms with van der Waals surface area (Å²) in [6, 6.07) is 4.45. The Bertz CT molecular complexity index is 1610. The Balaban J connectivity index is 1.12. The summed E-state index contributed by atoms with van der Waals surface area (Å²) in [7, 11) is -0.307. The van der Waals surface area contributed by atoms with E-state index in [1.807, 2.05) is 16.8 Å². The number of methoxy groups -OCH3 is 1. The molecular weight excluding hydrogens is 652 g/mol. The highest BCUT2D eigenvalue weighted by Gasteiger charge is 2.52. The minimum atomic E-state index is -2.00. The normalized spacial score (nSPS) is 27.3. The van der Waals surface area contributed by atoms with Gasteiger partial charge in [-0.25, -0.2) is 4.98 Å². The zero-order valence-electron chi connectivity index (χ0n) is 28.9. The summed E-state index contributed by atoms with van der Waals surface area (Å²) < 4.78 is 39.4. The van der Waals surface area contributed by atoms with Gasteiger partial charge in [-0.15, -0.1) is 0 Å². The van der Waals surface area contributed by atoms with Crippen LogP contribution in [-0.4, -0.2) is 92.3 Å². The molecule has 3 saturated heterocycles. The molecule has 3 fully saturated rings. The van der Waals surface area contributed by atoms with Crippen molar-refractivity contribution < 1.29 is 28.1 Å². The SMILES string of the molecule is COCCNc1cnc2c(c1)CCC2Nc1nc2c(cc1Cl)nc(O[C@@H]1CO[C@@H]3C(O[Si](C)(C)C(C)(C)C)CO[C@@H]31)n2C1CCCCO1. The van der Waals surface area contributed by atoms with Crippen molar-refractivity contribution in [2.75, 3.05) is 50.7 Å². The fraction of sp³-hybridized carbons (Fsp3) is 0.676. The molecule has 14 heteroatoms. The average Bonchev–Trinajstić information content (AvgIpc) is 3.82. The molecule has 3 aromatic heterocycles. The Labute approximate surface area is 288 Å². The largest absolute Gasteiger partial charge is 0.456 e. The quantitative estimate of drug-likeness (QED) is 0.174. The Morgan fingerprint density at radius 3 is 2.58 bits per heavy atom. The summed E-state index contributed by atoms with van der Waals surface area (Å²) in [5.74, 6) is 0.587. The van der Waals surface area contributed by atoms with Crippen molar-refractivity contribution in [3.63, 3.8) is 0 Å². The van der Waals surface area contributed by atoms with Crippen LogP contribution in [0.15, 0.2) is 18.3 Å². The maximum absolute atomic E-state index is 6.86. The van der Waals surface area contributed by atoms with E-state index in [2.05, 4.69) is 50.6 Å². The molecule has 7 rings (SSSR count). The standard InChI is InChI=1S/C34H49ClN6O6Si/c1-34(2,3)48(5,6)47-26-19-45-29-25(18-44-30(26)29)46-33-39-24-16-22(35)31(40-32(24)41(33)27-9-7-8-13-43-27)38-23-11-10-20-15-21(17-37-28(20)23)36-12-14-42-4/h15-17,23,25-27,29-30,36H,7-14,18-19H2,1-6H3,(H,38,40)/t23?,25-,26?,27?,29-,30-/m1/s1. The highest BCUT2D eigenvalue weighted by Crippen LogP contribution is 2.42. The molecule has 2 N–H and O–H groups in total. The molecule has 262 valence electrons. The average molecular weight is 701 g/mol. The smallest absolute Gasteiger partial charge is 0.301 e. The van der Waals surface area contributed by atoms with Crippen molar-refractivity contribution in [3.05, 3.63) is 34.6 Å². The number of imidazole rings is 1. The number of fused-ring (bicyclic) bond motifs is 3. The van der Waals surface area contributed by atoms with Crippen LogP contribution in [-0.2, 0) is 29.8 Å². The van der Waals surface area contributed by atoms with Crippen LogP contribution in [0.2, 0.25) is 23.2 Å². The van der Waals surface area contributed by atoms with Gasteiger partial charge >= 0.3 is 6.01 Å². The molecule has 0 aromatic carbocycles. The third kappa shape index (κ3) is 6.67. The third-order valence-corrected chi connectivity index (χ3v) is 15.3. The number of halogens is 1. The lowest BCUT2D eigenvalue weighted by molar-refractivity contribution is -0.0406. The predicted molar refractivity (Wildman–Crippen MR) is 187 cm³/mol. The van der Waals surface area contributed by atoms with Gasteiger partial charge < -0.3 is 38.7 Å². The molecule has 3 aliphatic heterocycles. The van der Waals surface area contributed by atoms with E-state index in [1.165, 1.54) is 5.56 Å². The van der Waals surface area contributed by atoms with Crippen molar-refractivity contribution in [3.8, 4) is 6.01 Å². The molecule has 4 aliphatic rings. The summed E-state index contributed by atoms with van der Waals surface area (Å²) in [6.07, 6.45) is 5.43. The third-order valence-electron chi connectivity index (χ3n) is 10.5.